The van der Waals surface area contributed by atoms with E-state index in [0.29, 0.717) is 6.10 Å². The van der Waals surface area contributed by atoms with E-state index in [4.69, 9.17) is 4.74 Å². The molecule has 1 saturated carbocycles. The molecule has 0 radical (unpaired) electrons. The van der Waals surface area contributed by atoms with Gasteiger partial charge in [0.25, 0.3) is 0 Å². The van der Waals surface area contributed by atoms with Gasteiger partial charge in [-0.1, -0.05) is 6.92 Å². The molecule has 1 aromatic rings. The number of nitrogens with zero attached hydrogens (tertiary/aromatic N) is 2. The first-order valence-electron chi connectivity index (χ1n) is 4.99. The first kappa shape index (κ1) is 8.92. The molecule has 3 nitrogen and oxygen atoms in total. The van der Waals surface area contributed by atoms with E-state index in [1.165, 1.54) is 12.1 Å². The molecule has 1 aliphatic carbocycles. The molecule has 0 amide bonds. The molecule has 2 fully saturated rings. The summed E-state index contributed by atoms with van der Waals surface area (Å²) < 4.78 is 8.84. The summed E-state index contributed by atoms with van der Waals surface area (Å²) in [5, 5.41) is 4.25. The van der Waals surface area contributed by atoms with E-state index < -0.39 is 0 Å². The van der Waals surface area contributed by atoms with Gasteiger partial charge in [0, 0.05) is 7.05 Å². The summed E-state index contributed by atoms with van der Waals surface area (Å²) in [5.74, 6) is 0.774. The molecule has 1 saturated heterocycles. The largest absolute Gasteiger partial charge is 0.359 e. The molecule has 1 aliphatic heterocycles. The van der Waals surface area contributed by atoms with Gasteiger partial charge in [0.2, 0.25) is 0 Å². The second-order valence-corrected chi connectivity index (χ2v) is 5.36. The number of aryl methyl sites for hydroxylation is 1. The van der Waals surface area contributed by atoms with E-state index in [2.05, 4.69) is 28.0 Å². The van der Waals surface area contributed by atoms with Gasteiger partial charge in [-0.25, -0.2) is 0 Å². The highest BCUT2D eigenvalue weighted by Crippen LogP contribution is 2.60. The van der Waals surface area contributed by atoms with Gasteiger partial charge in [-0.2, -0.15) is 5.10 Å². The van der Waals surface area contributed by atoms with Gasteiger partial charge in [-0.15, -0.1) is 0 Å². The minimum absolute atomic E-state index is 0.0104. The van der Waals surface area contributed by atoms with E-state index in [1.807, 2.05) is 17.9 Å². The standard InChI is InChI=1S/C10H13BrN2O/c1-6-3-8-10(4-6,14-8)9-7(11)5-12-13(9)2/h5-6,8H,3-4H2,1-2H3/t6-,8-,10-/m1/s1. The predicted octanol–water partition coefficient (Wildman–Crippen LogP) is 2.21. The lowest BCUT2D eigenvalue weighted by Crippen LogP contribution is -2.14. The maximum Gasteiger partial charge on any atom is 0.138 e. The van der Waals surface area contributed by atoms with Crippen LogP contribution in [0.4, 0.5) is 0 Å². The van der Waals surface area contributed by atoms with Crippen molar-refractivity contribution in [1.29, 1.82) is 0 Å². The quantitative estimate of drug-likeness (QED) is 0.722. The molecule has 2 aliphatic rings. The second-order valence-electron chi connectivity index (χ2n) is 4.51. The summed E-state index contributed by atoms with van der Waals surface area (Å²) in [5.41, 5.74) is 1.20. The second kappa shape index (κ2) is 2.61. The number of epoxide rings is 1. The Morgan fingerprint density at radius 3 is 3.00 bits per heavy atom. The van der Waals surface area contributed by atoms with Crippen LogP contribution in [-0.2, 0) is 17.4 Å². The van der Waals surface area contributed by atoms with Crippen molar-refractivity contribution < 1.29 is 4.74 Å². The highest BCUT2D eigenvalue weighted by atomic mass is 79.9. The van der Waals surface area contributed by atoms with E-state index >= 15 is 0 Å². The highest BCUT2D eigenvalue weighted by molar-refractivity contribution is 9.10. The lowest BCUT2D eigenvalue weighted by atomic mass is 10.0. The van der Waals surface area contributed by atoms with Crippen LogP contribution in [0, 0.1) is 5.92 Å². The van der Waals surface area contributed by atoms with Crippen molar-refractivity contribution in [1.82, 2.24) is 9.78 Å². The van der Waals surface area contributed by atoms with Gasteiger partial charge in [0.15, 0.2) is 0 Å². The van der Waals surface area contributed by atoms with Crippen molar-refractivity contribution in [3.8, 4) is 0 Å². The molecule has 0 N–H and O–H groups in total. The Balaban J connectivity index is 2.04. The minimum Gasteiger partial charge on any atom is -0.359 e. The fourth-order valence-electron chi connectivity index (χ4n) is 2.80. The van der Waals surface area contributed by atoms with Crippen molar-refractivity contribution in [2.24, 2.45) is 13.0 Å². The van der Waals surface area contributed by atoms with Crippen LogP contribution in [0.15, 0.2) is 10.7 Å². The average molecular weight is 257 g/mol. The molecule has 0 spiro atoms. The Hall–Kier alpha value is -0.350. The van der Waals surface area contributed by atoms with E-state index in [0.717, 1.165) is 16.8 Å². The molecular weight excluding hydrogens is 244 g/mol. The SMILES string of the molecule is C[C@@H]1C[C@H]2O[C@]2(c2c(Br)cnn2C)C1. The lowest BCUT2D eigenvalue weighted by Gasteiger charge is -2.12. The maximum absolute atomic E-state index is 5.83. The molecule has 0 unspecified atom stereocenters. The number of hydrogen-bond donors (Lipinski definition) is 0. The maximum atomic E-state index is 5.83. The van der Waals surface area contributed by atoms with E-state index in [1.54, 1.807) is 0 Å². The number of rotatable bonds is 1. The molecule has 3 atom stereocenters. The Labute approximate surface area is 91.6 Å². The third-order valence-corrected chi connectivity index (χ3v) is 3.96. The summed E-state index contributed by atoms with van der Waals surface area (Å²) in [6.45, 7) is 2.29. The molecular formula is C10H13BrN2O. The highest BCUT2D eigenvalue weighted by Gasteiger charge is 2.64. The average Bonchev–Trinajstić information content (AvgIpc) is 2.49. The van der Waals surface area contributed by atoms with Crippen molar-refractivity contribution in [3.63, 3.8) is 0 Å². The monoisotopic (exact) mass is 256 g/mol. The molecule has 0 bridgehead atoms. The van der Waals surface area contributed by atoms with Crippen molar-refractivity contribution in [2.45, 2.75) is 31.5 Å². The summed E-state index contributed by atoms with van der Waals surface area (Å²) in [7, 11) is 1.98. The van der Waals surface area contributed by atoms with Crippen molar-refractivity contribution in [2.75, 3.05) is 0 Å². The number of fused-ring (bicyclic) bond motifs is 1. The summed E-state index contributed by atoms with van der Waals surface area (Å²) in [6.07, 6.45) is 4.61. The van der Waals surface area contributed by atoms with Gasteiger partial charge in [0.05, 0.1) is 22.5 Å². The molecule has 14 heavy (non-hydrogen) atoms. The van der Waals surface area contributed by atoms with Crippen LogP contribution in [0.3, 0.4) is 0 Å². The van der Waals surface area contributed by atoms with Gasteiger partial charge >= 0.3 is 0 Å². The molecule has 0 aromatic carbocycles. The van der Waals surface area contributed by atoms with Crippen LogP contribution < -0.4 is 0 Å². The smallest absolute Gasteiger partial charge is 0.138 e. The van der Waals surface area contributed by atoms with Gasteiger partial charge in [0.1, 0.15) is 5.60 Å². The fourth-order valence-corrected chi connectivity index (χ4v) is 3.48. The van der Waals surface area contributed by atoms with Crippen LogP contribution in [-0.4, -0.2) is 15.9 Å². The summed E-state index contributed by atoms with van der Waals surface area (Å²) in [4.78, 5) is 0. The zero-order valence-corrected chi connectivity index (χ0v) is 9.91. The normalized spacial score (nSPS) is 39.9. The van der Waals surface area contributed by atoms with Gasteiger partial charge < -0.3 is 4.74 Å². The lowest BCUT2D eigenvalue weighted by molar-refractivity contribution is 0.213. The van der Waals surface area contributed by atoms with Crippen LogP contribution in [0.25, 0.3) is 0 Å². The summed E-state index contributed by atoms with van der Waals surface area (Å²) >= 11 is 3.55. The number of halogens is 1. The van der Waals surface area contributed by atoms with E-state index in [9.17, 15) is 0 Å². The zero-order valence-electron chi connectivity index (χ0n) is 8.33. The third kappa shape index (κ3) is 0.984. The first-order chi connectivity index (χ1) is 6.63. The van der Waals surface area contributed by atoms with Crippen LogP contribution >= 0.6 is 15.9 Å². The van der Waals surface area contributed by atoms with E-state index in [-0.39, 0.29) is 5.60 Å². The third-order valence-electron chi connectivity index (χ3n) is 3.38. The number of aromatic nitrogens is 2. The van der Waals surface area contributed by atoms with Crippen LogP contribution in [0.1, 0.15) is 25.5 Å². The Morgan fingerprint density at radius 2 is 2.50 bits per heavy atom. The minimum atomic E-state index is -0.0104. The number of ether oxygens (including phenoxy) is 1. The Bertz CT molecular complexity index is 370. The Morgan fingerprint density at radius 1 is 1.71 bits per heavy atom. The number of hydrogen-bond acceptors (Lipinski definition) is 2. The molecule has 1 aromatic heterocycles. The molecule has 2 heterocycles. The predicted molar refractivity (Wildman–Crippen MR) is 55.9 cm³/mol. The first-order valence-corrected chi connectivity index (χ1v) is 5.78. The topological polar surface area (TPSA) is 30.4 Å². The van der Waals surface area contributed by atoms with Crippen molar-refractivity contribution >= 4 is 15.9 Å². The molecule has 76 valence electrons. The molecule has 3 rings (SSSR count). The fraction of sp³-hybridized carbons (Fsp3) is 0.700. The Kier molecular flexibility index (Phi) is 1.66. The molecule has 4 heteroatoms. The van der Waals surface area contributed by atoms with Crippen LogP contribution in [0.5, 0.6) is 0 Å². The van der Waals surface area contributed by atoms with Crippen LogP contribution in [0.2, 0.25) is 0 Å². The van der Waals surface area contributed by atoms with Gasteiger partial charge in [-0.3, -0.25) is 4.68 Å². The van der Waals surface area contributed by atoms with Crippen molar-refractivity contribution in [3.05, 3.63) is 16.4 Å². The van der Waals surface area contributed by atoms with Gasteiger partial charge in [-0.05, 0) is 34.7 Å². The summed E-state index contributed by atoms with van der Waals surface area (Å²) in [6, 6.07) is 0. The zero-order chi connectivity index (χ0) is 9.92.